The van der Waals surface area contributed by atoms with E-state index in [0.29, 0.717) is 17.0 Å². The van der Waals surface area contributed by atoms with E-state index in [2.05, 4.69) is 0 Å². The van der Waals surface area contributed by atoms with E-state index in [4.69, 9.17) is 17.3 Å². The van der Waals surface area contributed by atoms with Gasteiger partial charge >= 0.3 is 0 Å². The second-order valence-electron chi connectivity index (χ2n) is 5.84. The molecule has 1 aromatic carbocycles. The maximum Gasteiger partial charge on any atom is 0.269 e. The number of amides is 1. The van der Waals surface area contributed by atoms with Crippen molar-refractivity contribution in [2.45, 2.75) is 38.3 Å². The Morgan fingerprint density at radius 1 is 1.50 bits per heavy atom. The van der Waals surface area contributed by atoms with Gasteiger partial charge in [0, 0.05) is 43.2 Å². The monoisotopic (exact) mass is 325 g/mol. The van der Waals surface area contributed by atoms with E-state index < -0.39 is 4.92 Å². The van der Waals surface area contributed by atoms with Crippen molar-refractivity contribution in [2.75, 3.05) is 7.05 Å². The minimum absolute atomic E-state index is 0.00933. The quantitative estimate of drug-likeness (QED) is 0.665. The Balaban J connectivity index is 2.01. The van der Waals surface area contributed by atoms with E-state index >= 15 is 0 Å². The number of carbonyl (C=O) groups excluding carboxylic acids is 1. The summed E-state index contributed by atoms with van der Waals surface area (Å²) in [5, 5.41) is 11.2. The Morgan fingerprint density at radius 3 is 2.82 bits per heavy atom. The highest BCUT2D eigenvalue weighted by Gasteiger charge is 2.27. The van der Waals surface area contributed by atoms with Crippen molar-refractivity contribution in [3.63, 3.8) is 0 Å². The number of nitro groups is 1. The van der Waals surface area contributed by atoms with Gasteiger partial charge in [-0.25, -0.2) is 0 Å². The molecule has 1 aliphatic rings. The van der Waals surface area contributed by atoms with Crippen molar-refractivity contribution >= 4 is 23.2 Å². The normalized spacial score (nSPS) is 20.9. The van der Waals surface area contributed by atoms with Crippen LogP contribution in [-0.2, 0) is 11.3 Å². The van der Waals surface area contributed by atoms with Gasteiger partial charge in [0.1, 0.15) is 0 Å². The van der Waals surface area contributed by atoms with Gasteiger partial charge in [0.2, 0.25) is 5.91 Å². The number of benzene rings is 1. The number of carbonyl (C=O) groups is 1. The van der Waals surface area contributed by atoms with Gasteiger partial charge in [0.15, 0.2) is 0 Å². The molecule has 1 fully saturated rings. The van der Waals surface area contributed by atoms with E-state index in [1.165, 1.54) is 18.2 Å². The van der Waals surface area contributed by atoms with Gasteiger partial charge in [0.25, 0.3) is 5.69 Å². The minimum Gasteiger partial charge on any atom is -0.341 e. The number of halogens is 1. The fourth-order valence-corrected chi connectivity index (χ4v) is 3.02. The summed E-state index contributed by atoms with van der Waals surface area (Å²) in [6, 6.07) is 4.34. The number of rotatable bonds is 5. The molecule has 1 saturated carbocycles. The summed E-state index contributed by atoms with van der Waals surface area (Å²) in [6.07, 6.45) is 3.44. The van der Waals surface area contributed by atoms with Crippen LogP contribution < -0.4 is 5.73 Å². The number of nitro benzene ring substituents is 1. The largest absolute Gasteiger partial charge is 0.341 e. The zero-order valence-corrected chi connectivity index (χ0v) is 13.3. The first kappa shape index (κ1) is 16.7. The molecule has 120 valence electrons. The molecule has 0 spiro atoms. The summed E-state index contributed by atoms with van der Waals surface area (Å²) in [5.41, 5.74) is 6.53. The predicted molar refractivity (Wildman–Crippen MR) is 84.5 cm³/mol. The highest BCUT2D eigenvalue weighted by Crippen LogP contribution is 2.28. The lowest BCUT2D eigenvalue weighted by atomic mass is 9.99. The third-order valence-electron chi connectivity index (χ3n) is 4.23. The molecule has 1 aliphatic carbocycles. The Kier molecular flexibility index (Phi) is 5.37. The van der Waals surface area contributed by atoms with Crippen LogP contribution in [0.25, 0.3) is 0 Å². The van der Waals surface area contributed by atoms with E-state index in [-0.39, 0.29) is 30.1 Å². The third kappa shape index (κ3) is 3.96. The first-order valence-electron chi connectivity index (χ1n) is 7.31. The fourth-order valence-electron chi connectivity index (χ4n) is 2.84. The molecule has 0 aliphatic heterocycles. The summed E-state index contributed by atoms with van der Waals surface area (Å²) in [7, 11) is 1.68. The Labute approximate surface area is 134 Å². The lowest BCUT2D eigenvalue weighted by molar-refractivity contribution is -0.384. The SMILES string of the molecule is CN(Cc1cc([N+](=O)[O-])ccc1Cl)C(=O)C[C@@H]1CCC[C@H]1N. The Bertz CT molecular complexity index is 579. The number of nitrogens with two attached hydrogens (primary N) is 1. The number of non-ortho nitro benzene ring substituents is 1. The van der Waals surface area contributed by atoms with Gasteiger partial charge in [-0.3, -0.25) is 14.9 Å². The molecule has 0 saturated heterocycles. The van der Waals surface area contributed by atoms with Crippen LogP contribution in [0.5, 0.6) is 0 Å². The summed E-state index contributed by atoms with van der Waals surface area (Å²) < 4.78 is 0. The molecule has 1 amide bonds. The topological polar surface area (TPSA) is 89.5 Å². The zero-order valence-electron chi connectivity index (χ0n) is 12.5. The average molecular weight is 326 g/mol. The minimum atomic E-state index is -0.473. The fraction of sp³-hybridized carbons (Fsp3) is 0.533. The Morgan fingerprint density at radius 2 is 2.23 bits per heavy atom. The van der Waals surface area contributed by atoms with E-state index in [1.807, 2.05) is 0 Å². The van der Waals surface area contributed by atoms with Gasteiger partial charge in [-0.1, -0.05) is 18.0 Å². The van der Waals surface area contributed by atoms with Crippen LogP contribution >= 0.6 is 11.6 Å². The molecule has 2 rings (SSSR count). The molecule has 2 N–H and O–H groups in total. The zero-order chi connectivity index (χ0) is 16.3. The number of hydrogen-bond acceptors (Lipinski definition) is 4. The van der Waals surface area contributed by atoms with Crippen LogP contribution in [-0.4, -0.2) is 28.8 Å². The summed E-state index contributed by atoms with van der Waals surface area (Å²) >= 11 is 6.06. The Hall–Kier alpha value is -1.66. The lowest BCUT2D eigenvalue weighted by Crippen LogP contribution is -2.32. The lowest BCUT2D eigenvalue weighted by Gasteiger charge is -2.21. The van der Waals surface area contributed by atoms with Crippen molar-refractivity contribution in [3.8, 4) is 0 Å². The van der Waals surface area contributed by atoms with E-state index in [1.54, 1.807) is 11.9 Å². The van der Waals surface area contributed by atoms with Crippen LogP contribution in [0.15, 0.2) is 18.2 Å². The summed E-state index contributed by atoms with van der Waals surface area (Å²) in [4.78, 5) is 24.2. The van der Waals surface area contributed by atoms with Gasteiger partial charge in [-0.05, 0) is 30.4 Å². The van der Waals surface area contributed by atoms with Crippen molar-refractivity contribution in [1.82, 2.24) is 4.90 Å². The molecule has 0 unspecified atom stereocenters. The average Bonchev–Trinajstić information content (AvgIpc) is 2.86. The third-order valence-corrected chi connectivity index (χ3v) is 4.60. The molecule has 6 nitrogen and oxygen atoms in total. The van der Waals surface area contributed by atoms with Gasteiger partial charge in [0.05, 0.1) is 4.92 Å². The van der Waals surface area contributed by atoms with Gasteiger partial charge in [-0.15, -0.1) is 0 Å². The van der Waals surface area contributed by atoms with Crippen LogP contribution in [0.4, 0.5) is 5.69 Å². The second-order valence-corrected chi connectivity index (χ2v) is 6.25. The van der Waals surface area contributed by atoms with Crippen molar-refractivity contribution in [3.05, 3.63) is 38.9 Å². The molecule has 22 heavy (non-hydrogen) atoms. The van der Waals surface area contributed by atoms with Crippen LogP contribution in [0, 0.1) is 16.0 Å². The van der Waals surface area contributed by atoms with Gasteiger partial charge in [-0.2, -0.15) is 0 Å². The van der Waals surface area contributed by atoms with E-state index in [0.717, 1.165) is 19.3 Å². The van der Waals surface area contributed by atoms with Crippen molar-refractivity contribution in [2.24, 2.45) is 11.7 Å². The first-order valence-corrected chi connectivity index (χ1v) is 7.68. The predicted octanol–water partition coefficient (Wildman–Crippen LogP) is 2.72. The highest BCUT2D eigenvalue weighted by atomic mass is 35.5. The molecule has 0 bridgehead atoms. The molecular formula is C15H20ClN3O3. The van der Waals surface area contributed by atoms with E-state index in [9.17, 15) is 14.9 Å². The highest BCUT2D eigenvalue weighted by molar-refractivity contribution is 6.31. The molecule has 1 aromatic rings. The maximum atomic E-state index is 12.3. The van der Waals surface area contributed by atoms with Crippen LogP contribution in [0.3, 0.4) is 0 Å². The first-order chi connectivity index (χ1) is 10.4. The molecular weight excluding hydrogens is 306 g/mol. The molecule has 7 heteroatoms. The number of nitrogens with zero attached hydrogens (tertiary/aromatic N) is 2. The second kappa shape index (κ2) is 7.07. The van der Waals surface area contributed by atoms with Crippen molar-refractivity contribution in [1.29, 1.82) is 0 Å². The van der Waals surface area contributed by atoms with Crippen LogP contribution in [0.1, 0.15) is 31.2 Å². The summed E-state index contributed by atoms with van der Waals surface area (Å²) in [5.74, 6) is 0.223. The molecule has 0 radical (unpaired) electrons. The smallest absolute Gasteiger partial charge is 0.269 e. The van der Waals surface area contributed by atoms with Crippen LogP contribution in [0.2, 0.25) is 5.02 Å². The molecule has 2 atom stereocenters. The molecule has 0 heterocycles. The summed E-state index contributed by atoms with van der Waals surface area (Å²) in [6.45, 7) is 0.251. The van der Waals surface area contributed by atoms with Crippen molar-refractivity contribution < 1.29 is 9.72 Å². The molecule has 0 aromatic heterocycles. The maximum absolute atomic E-state index is 12.3. The van der Waals surface area contributed by atoms with Gasteiger partial charge < -0.3 is 10.6 Å². The standard InChI is InChI=1S/C15H20ClN3O3/c1-18(15(20)8-10-3-2-4-14(10)17)9-11-7-12(19(21)22)5-6-13(11)16/h5-7,10,14H,2-4,8-9,17H2,1H3/t10-,14+/m0/s1. The number of hydrogen-bond donors (Lipinski definition) is 1.